The summed E-state index contributed by atoms with van der Waals surface area (Å²) in [7, 11) is 1.54. The third-order valence-corrected chi connectivity index (χ3v) is 2.56. The summed E-state index contributed by atoms with van der Waals surface area (Å²) in [5.74, 6) is 0.204. The molecular weight excluding hydrogens is 260 g/mol. The Morgan fingerprint density at radius 3 is 2.73 bits per heavy atom. The van der Waals surface area contributed by atoms with Crippen LogP contribution < -0.4 is 4.74 Å². The first-order valence-corrected chi connectivity index (χ1v) is 5.75. The molecule has 15 heavy (non-hydrogen) atoms. The van der Waals surface area contributed by atoms with Crippen LogP contribution in [0.5, 0.6) is 5.75 Å². The Hall–Kier alpha value is -1.03. The summed E-state index contributed by atoms with van der Waals surface area (Å²) in [5, 5.41) is 0.596. The second kappa shape index (κ2) is 5.75. The number of hydrogen-bond donors (Lipinski definition) is 0. The molecule has 0 radical (unpaired) electrons. The minimum Gasteiger partial charge on any atom is -0.496 e. The van der Waals surface area contributed by atoms with Crippen molar-refractivity contribution in [2.75, 3.05) is 13.7 Å². The van der Waals surface area contributed by atoms with Gasteiger partial charge in [-0.2, -0.15) is 0 Å². The number of alkyl halides is 1. The zero-order valence-electron chi connectivity index (χ0n) is 8.75. The lowest BCUT2D eigenvalue weighted by Gasteiger charge is -2.10. The summed E-state index contributed by atoms with van der Waals surface area (Å²) in [5.41, 5.74) is 1.37. The van der Waals surface area contributed by atoms with Crippen molar-refractivity contribution in [1.29, 1.82) is 0 Å². The zero-order chi connectivity index (χ0) is 11.3. The van der Waals surface area contributed by atoms with Gasteiger partial charge >= 0.3 is 5.97 Å². The smallest absolute Gasteiger partial charge is 0.342 e. The molecule has 0 aliphatic rings. The topological polar surface area (TPSA) is 35.5 Å². The second-order valence-electron chi connectivity index (χ2n) is 2.85. The third kappa shape index (κ3) is 2.72. The molecule has 0 atom stereocenters. The number of rotatable bonds is 4. The molecule has 1 aromatic rings. The number of esters is 1. The molecule has 0 amide bonds. The van der Waals surface area contributed by atoms with E-state index in [-0.39, 0.29) is 5.97 Å². The average molecular weight is 273 g/mol. The quantitative estimate of drug-likeness (QED) is 0.625. The summed E-state index contributed by atoms with van der Waals surface area (Å²) in [4.78, 5) is 11.7. The Balaban J connectivity index is 3.15. The van der Waals surface area contributed by atoms with Crippen LogP contribution >= 0.6 is 15.9 Å². The first-order chi connectivity index (χ1) is 7.24. The van der Waals surface area contributed by atoms with E-state index in [1.54, 1.807) is 13.0 Å². The van der Waals surface area contributed by atoms with Crippen molar-refractivity contribution >= 4 is 21.9 Å². The normalized spacial score (nSPS) is 9.80. The predicted octanol–water partition coefficient (Wildman–Crippen LogP) is 2.77. The van der Waals surface area contributed by atoms with E-state index < -0.39 is 0 Å². The van der Waals surface area contributed by atoms with Crippen molar-refractivity contribution in [2.45, 2.75) is 12.3 Å². The van der Waals surface area contributed by atoms with Gasteiger partial charge in [0.25, 0.3) is 0 Å². The Labute approximate surface area is 97.5 Å². The van der Waals surface area contributed by atoms with Crippen molar-refractivity contribution in [3.05, 3.63) is 29.3 Å². The summed E-state index contributed by atoms with van der Waals surface area (Å²) in [6, 6.07) is 5.46. The van der Waals surface area contributed by atoms with Gasteiger partial charge in [-0.3, -0.25) is 0 Å². The van der Waals surface area contributed by atoms with Gasteiger partial charge in [0.1, 0.15) is 11.3 Å². The van der Waals surface area contributed by atoms with Crippen LogP contribution in [0.2, 0.25) is 0 Å². The van der Waals surface area contributed by atoms with Gasteiger partial charge in [0, 0.05) is 5.33 Å². The lowest BCUT2D eigenvalue weighted by Crippen LogP contribution is -2.09. The largest absolute Gasteiger partial charge is 0.496 e. The van der Waals surface area contributed by atoms with Crippen molar-refractivity contribution in [3.63, 3.8) is 0 Å². The fourth-order valence-electron chi connectivity index (χ4n) is 1.29. The van der Waals surface area contributed by atoms with E-state index in [9.17, 15) is 4.79 Å². The van der Waals surface area contributed by atoms with Crippen LogP contribution in [0.1, 0.15) is 22.8 Å². The number of hydrogen-bond acceptors (Lipinski definition) is 3. The van der Waals surface area contributed by atoms with Gasteiger partial charge in [0.2, 0.25) is 0 Å². The van der Waals surface area contributed by atoms with Gasteiger partial charge in [0.15, 0.2) is 0 Å². The molecule has 0 saturated heterocycles. The molecule has 0 heterocycles. The fraction of sp³-hybridized carbons (Fsp3) is 0.364. The van der Waals surface area contributed by atoms with Gasteiger partial charge in [-0.05, 0) is 18.6 Å². The van der Waals surface area contributed by atoms with E-state index in [0.29, 0.717) is 23.2 Å². The van der Waals surface area contributed by atoms with E-state index >= 15 is 0 Å². The highest BCUT2D eigenvalue weighted by atomic mass is 79.9. The highest BCUT2D eigenvalue weighted by molar-refractivity contribution is 9.08. The lowest BCUT2D eigenvalue weighted by molar-refractivity contribution is 0.0522. The SMILES string of the molecule is CCOC(=O)c1c(CBr)cccc1OC. The monoisotopic (exact) mass is 272 g/mol. The fourth-order valence-corrected chi connectivity index (χ4v) is 1.76. The van der Waals surface area contributed by atoms with Crippen molar-refractivity contribution in [3.8, 4) is 5.75 Å². The van der Waals surface area contributed by atoms with Crippen molar-refractivity contribution < 1.29 is 14.3 Å². The molecule has 1 rings (SSSR count). The molecular formula is C11H13BrO3. The molecule has 0 aliphatic heterocycles. The second-order valence-corrected chi connectivity index (χ2v) is 3.41. The highest BCUT2D eigenvalue weighted by Crippen LogP contribution is 2.24. The molecule has 82 valence electrons. The summed E-state index contributed by atoms with van der Waals surface area (Å²) < 4.78 is 10.1. The number of ether oxygens (including phenoxy) is 2. The van der Waals surface area contributed by atoms with Crippen LogP contribution in [0, 0.1) is 0 Å². The number of benzene rings is 1. The number of carbonyl (C=O) groups is 1. The summed E-state index contributed by atoms with van der Waals surface area (Å²) in [6.45, 7) is 2.14. The first kappa shape index (κ1) is 12.0. The van der Waals surface area contributed by atoms with Crippen LogP contribution in [0.3, 0.4) is 0 Å². The van der Waals surface area contributed by atoms with Gasteiger partial charge < -0.3 is 9.47 Å². The Morgan fingerprint density at radius 2 is 2.20 bits per heavy atom. The molecule has 1 aromatic carbocycles. The molecule has 0 unspecified atom stereocenters. The predicted molar refractivity (Wildman–Crippen MR) is 61.6 cm³/mol. The Kier molecular flexibility index (Phi) is 4.62. The van der Waals surface area contributed by atoms with Crippen LogP contribution in [0.25, 0.3) is 0 Å². The molecule has 0 spiro atoms. The first-order valence-electron chi connectivity index (χ1n) is 4.63. The molecule has 0 saturated carbocycles. The van der Waals surface area contributed by atoms with Crippen LogP contribution in [-0.4, -0.2) is 19.7 Å². The highest BCUT2D eigenvalue weighted by Gasteiger charge is 2.17. The molecule has 0 bridgehead atoms. The van der Waals surface area contributed by atoms with E-state index in [2.05, 4.69) is 15.9 Å². The summed E-state index contributed by atoms with van der Waals surface area (Å²) >= 11 is 3.33. The lowest BCUT2D eigenvalue weighted by atomic mass is 10.1. The van der Waals surface area contributed by atoms with Crippen LogP contribution in [0.15, 0.2) is 18.2 Å². The van der Waals surface area contributed by atoms with Crippen molar-refractivity contribution in [1.82, 2.24) is 0 Å². The number of methoxy groups -OCH3 is 1. The van der Waals surface area contributed by atoms with E-state index in [1.807, 2.05) is 12.1 Å². The molecule has 3 nitrogen and oxygen atoms in total. The van der Waals surface area contributed by atoms with Crippen LogP contribution in [-0.2, 0) is 10.1 Å². The molecule has 4 heteroatoms. The zero-order valence-corrected chi connectivity index (χ0v) is 10.3. The molecule has 0 fully saturated rings. The van der Waals surface area contributed by atoms with E-state index in [4.69, 9.17) is 9.47 Å². The molecule has 0 aromatic heterocycles. The summed E-state index contributed by atoms with van der Waals surface area (Å²) in [6.07, 6.45) is 0. The maximum atomic E-state index is 11.7. The third-order valence-electron chi connectivity index (χ3n) is 1.96. The maximum absolute atomic E-state index is 11.7. The molecule has 0 N–H and O–H groups in total. The van der Waals surface area contributed by atoms with Gasteiger partial charge in [-0.1, -0.05) is 28.1 Å². The van der Waals surface area contributed by atoms with Gasteiger partial charge in [0.05, 0.1) is 13.7 Å². The van der Waals surface area contributed by atoms with E-state index in [1.165, 1.54) is 7.11 Å². The van der Waals surface area contributed by atoms with Crippen molar-refractivity contribution in [2.24, 2.45) is 0 Å². The Morgan fingerprint density at radius 1 is 1.47 bits per heavy atom. The standard InChI is InChI=1S/C11H13BrO3/c1-3-15-11(13)10-8(7-12)5-4-6-9(10)14-2/h4-6H,3,7H2,1-2H3. The minimum absolute atomic E-state index is 0.343. The van der Waals surface area contributed by atoms with Gasteiger partial charge in [-0.25, -0.2) is 4.79 Å². The molecule has 0 aliphatic carbocycles. The minimum atomic E-state index is -0.343. The Bertz CT molecular complexity index is 327. The number of carbonyl (C=O) groups excluding carboxylic acids is 1. The average Bonchev–Trinajstić information content (AvgIpc) is 2.28. The van der Waals surface area contributed by atoms with Gasteiger partial charge in [-0.15, -0.1) is 0 Å². The van der Waals surface area contributed by atoms with E-state index in [0.717, 1.165) is 5.56 Å². The number of halogens is 1. The van der Waals surface area contributed by atoms with Crippen LogP contribution in [0.4, 0.5) is 0 Å². The maximum Gasteiger partial charge on any atom is 0.342 e.